The van der Waals surface area contributed by atoms with Gasteiger partial charge in [-0.25, -0.2) is 0 Å². The predicted molar refractivity (Wildman–Crippen MR) is 268 cm³/mol. The highest BCUT2D eigenvalue weighted by Crippen LogP contribution is 2.43. The topological polar surface area (TPSA) is 24.6 Å². The molecular formula is C60H41N3O. The normalized spacial score (nSPS) is 11.4. The van der Waals surface area contributed by atoms with Crippen LogP contribution in [-0.2, 0) is 0 Å². The molecule has 0 saturated heterocycles. The maximum Gasteiger partial charge on any atom is 0.159 e. The van der Waals surface area contributed by atoms with Crippen LogP contribution < -0.4 is 9.80 Å². The maximum atomic E-state index is 6.50. The van der Waals surface area contributed by atoms with Gasteiger partial charge in [-0.2, -0.15) is 0 Å². The van der Waals surface area contributed by atoms with E-state index in [9.17, 15) is 0 Å². The van der Waals surface area contributed by atoms with Crippen LogP contribution in [0, 0.1) is 0 Å². The van der Waals surface area contributed by atoms with Gasteiger partial charge in [-0.3, -0.25) is 0 Å². The van der Waals surface area contributed by atoms with E-state index >= 15 is 0 Å². The van der Waals surface area contributed by atoms with Crippen LogP contribution in [0.3, 0.4) is 0 Å². The van der Waals surface area contributed by atoms with Gasteiger partial charge in [-0.05, 0) is 119 Å². The van der Waals surface area contributed by atoms with E-state index in [4.69, 9.17) is 4.42 Å². The molecule has 0 aliphatic heterocycles. The molecule has 0 bridgehead atoms. The fraction of sp³-hybridized carbons (Fsp3) is 0. The second-order valence-electron chi connectivity index (χ2n) is 16.2. The minimum Gasteiger partial charge on any atom is -0.454 e. The third-order valence-corrected chi connectivity index (χ3v) is 12.4. The van der Waals surface area contributed by atoms with Gasteiger partial charge in [0, 0.05) is 55.7 Å². The summed E-state index contributed by atoms with van der Waals surface area (Å²) in [5, 5.41) is 4.68. The summed E-state index contributed by atoms with van der Waals surface area (Å²) in [6.45, 7) is 0. The number of para-hydroxylation sites is 6. The average Bonchev–Trinajstić information content (AvgIpc) is 3.92. The monoisotopic (exact) mass is 819 g/mol. The van der Waals surface area contributed by atoms with Gasteiger partial charge in [0.1, 0.15) is 5.58 Å². The van der Waals surface area contributed by atoms with E-state index in [-0.39, 0.29) is 0 Å². The first kappa shape index (κ1) is 37.2. The van der Waals surface area contributed by atoms with Gasteiger partial charge in [0.2, 0.25) is 0 Å². The highest BCUT2D eigenvalue weighted by molar-refractivity contribution is 6.11. The fourth-order valence-corrected chi connectivity index (χ4v) is 9.35. The highest BCUT2D eigenvalue weighted by Gasteiger charge is 2.20. The molecule has 12 rings (SSSR count). The summed E-state index contributed by atoms with van der Waals surface area (Å²) in [4.78, 5) is 4.63. The smallest absolute Gasteiger partial charge is 0.159 e. The number of aromatic nitrogens is 1. The molecule has 10 aromatic carbocycles. The second-order valence-corrected chi connectivity index (χ2v) is 16.2. The number of nitrogens with zero attached hydrogens (tertiary/aromatic N) is 3. The Bertz CT molecular complexity index is 3580. The molecule has 0 unspecified atom stereocenters. The van der Waals surface area contributed by atoms with E-state index in [1.807, 2.05) is 12.1 Å². The van der Waals surface area contributed by atoms with Crippen LogP contribution >= 0.6 is 0 Å². The summed E-state index contributed by atoms with van der Waals surface area (Å²) >= 11 is 0. The molecule has 4 heteroatoms. The number of furan rings is 1. The largest absolute Gasteiger partial charge is 0.454 e. The van der Waals surface area contributed by atoms with Gasteiger partial charge >= 0.3 is 0 Å². The van der Waals surface area contributed by atoms with Crippen LogP contribution in [0.1, 0.15) is 0 Å². The first-order valence-corrected chi connectivity index (χ1v) is 21.8. The summed E-state index contributed by atoms with van der Waals surface area (Å²) in [5.74, 6) is 0. The van der Waals surface area contributed by atoms with Crippen molar-refractivity contribution >= 4 is 77.9 Å². The summed E-state index contributed by atoms with van der Waals surface area (Å²) in [5.41, 5.74) is 16.4. The standard InChI is InChI=1S/C60H41N3O/c1-4-15-46(16-5-1)61(51-39-40-57-55(41-51)52-21-10-12-24-56(52)63(57)48-19-8-3-9-20-48)49-35-31-44(32-36-49)42-27-29-43(30-28-42)45-33-37-50(38-34-45)62(47-17-6-2-7-18-47)58-25-14-23-54-53-22-11-13-26-59(53)64-60(54)58/h1-41H. The van der Waals surface area contributed by atoms with Crippen molar-refractivity contribution in [2.45, 2.75) is 0 Å². The Balaban J connectivity index is 0.846. The van der Waals surface area contributed by atoms with Gasteiger partial charge in [-0.1, -0.05) is 152 Å². The SMILES string of the molecule is c1ccc(N(c2ccc(-c3ccc(-c4ccc(N(c5ccccc5)c5cccc6c5oc5ccccc56)cc4)cc3)cc2)c2ccc3c(c2)c2ccccc2n3-c2ccccc2)cc1. The Morgan fingerprint density at radius 3 is 1.39 bits per heavy atom. The van der Waals surface area contributed by atoms with Crippen LogP contribution in [0.25, 0.3) is 71.7 Å². The van der Waals surface area contributed by atoms with Crippen molar-refractivity contribution in [3.8, 4) is 27.9 Å². The van der Waals surface area contributed by atoms with Crippen LogP contribution in [0.5, 0.6) is 0 Å². The van der Waals surface area contributed by atoms with Crippen LogP contribution in [0.4, 0.5) is 34.1 Å². The van der Waals surface area contributed by atoms with E-state index in [0.717, 1.165) is 72.9 Å². The summed E-state index contributed by atoms with van der Waals surface area (Å²) < 4.78 is 8.87. The Labute approximate surface area is 371 Å². The number of benzene rings is 10. The fourth-order valence-electron chi connectivity index (χ4n) is 9.35. The number of hydrogen-bond donors (Lipinski definition) is 0. The molecule has 64 heavy (non-hydrogen) atoms. The molecule has 302 valence electrons. The minimum absolute atomic E-state index is 0.873. The van der Waals surface area contributed by atoms with E-state index in [1.165, 1.54) is 32.9 Å². The molecule has 0 aliphatic carbocycles. The second kappa shape index (κ2) is 15.7. The summed E-state index contributed by atoms with van der Waals surface area (Å²) in [6, 6.07) is 88.6. The molecule has 12 aromatic rings. The zero-order chi connectivity index (χ0) is 42.4. The van der Waals surface area contributed by atoms with Crippen molar-refractivity contribution in [2.24, 2.45) is 0 Å². The lowest BCUT2D eigenvalue weighted by atomic mass is 9.99. The first-order chi connectivity index (χ1) is 31.7. The molecule has 4 nitrogen and oxygen atoms in total. The van der Waals surface area contributed by atoms with Gasteiger partial charge in [0.05, 0.1) is 16.7 Å². The van der Waals surface area contributed by atoms with Crippen molar-refractivity contribution in [3.05, 3.63) is 249 Å². The van der Waals surface area contributed by atoms with Gasteiger partial charge < -0.3 is 18.8 Å². The maximum absolute atomic E-state index is 6.50. The van der Waals surface area contributed by atoms with Crippen molar-refractivity contribution in [2.75, 3.05) is 9.80 Å². The lowest BCUT2D eigenvalue weighted by molar-refractivity contribution is 0.669. The molecule has 0 saturated carbocycles. The van der Waals surface area contributed by atoms with Gasteiger partial charge in [0.15, 0.2) is 5.58 Å². The predicted octanol–water partition coefficient (Wildman–Crippen LogP) is 17.0. The van der Waals surface area contributed by atoms with Crippen molar-refractivity contribution in [1.82, 2.24) is 4.57 Å². The molecule has 0 radical (unpaired) electrons. The molecule has 2 aromatic heterocycles. The zero-order valence-electron chi connectivity index (χ0n) is 34.9. The summed E-state index contributed by atoms with van der Waals surface area (Å²) in [7, 11) is 0. The first-order valence-electron chi connectivity index (χ1n) is 21.8. The van der Waals surface area contributed by atoms with E-state index in [1.54, 1.807) is 0 Å². The van der Waals surface area contributed by atoms with E-state index in [0.29, 0.717) is 0 Å². The van der Waals surface area contributed by atoms with Crippen molar-refractivity contribution in [3.63, 3.8) is 0 Å². The minimum atomic E-state index is 0.873. The molecule has 0 N–H and O–H groups in total. The number of hydrogen-bond acceptors (Lipinski definition) is 3. The zero-order valence-corrected chi connectivity index (χ0v) is 34.9. The molecule has 0 spiro atoms. The van der Waals surface area contributed by atoms with Gasteiger partial charge in [0.25, 0.3) is 0 Å². The highest BCUT2D eigenvalue weighted by atomic mass is 16.3. The molecule has 0 atom stereocenters. The van der Waals surface area contributed by atoms with E-state index < -0.39 is 0 Å². The Hall–Kier alpha value is -8.60. The van der Waals surface area contributed by atoms with Crippen molar-refractivity contribution in [1.29, 1.82) is 0 Å². The summed E-state index contributed by atoms with van der Waals surface area (Å²) in [6.07, 6.45) is 0. The molecular weight excluding hydrogens is 779 g/mol. The number of anilines is 6. The Morgan fingerprint density at radius 1 is 0.297 bits per heavy atom. The third-order valence-electron chi connectivity index (χ3n) is 12.4. The third kappa shape index (κ3) is 6.48. The van der Waals surface area contributed by atoms with Gasteiger partial charge in [-0.15, -0.1) is 0 Å². The number of rotatable bonds is 9. The van der Waals surface area contributed by atoms with Crippen LogP contribution in [0.2, 0.25) is 0 Å². The Kier molecular flexibility index (Phi) is 9.12. The molecule has 2 heterocycles. The molecule has 0 amide bonds. The molecule has 0 aliphatic rings. The average molecular weight is 820 g/mol. The Morgan fingerprint density at radius 2 is 0.750 bits per heavy atom. The van der Waals surface area contributed by atoms with Crippen LogP contribution in [-0.4, -0.2) is 4.57 Å². The number of fused-ring (bicyclic) bond motifs is 6. The van der Waals surface area contributed by atoms with Crippen LogP contribution in [0.15, 0.2) is 253 Å². The lowest BCUT2D eigenvalue weighted by Crippen LogP contribution is -2.10. The molecule has 0 fully saturated rings. The lowest BCUT2D eigenvalue weighted by Gasteiger charge is -2.26. The quantitative estimate of drug-likeness (QED) is 0.145. The van der Waals surface area contributed by atoms with E-state index in [2.05, 4.69) is 251 Å². The van der Waals surface area contributed by atoms with Crippen molar-refractivity contribution < 1.29 is 4.42 Å².